The van der Waals surface area contributed by atoms with E-state index in [1.807, 2.05) is 0 Å². The predicted molar refractivity (Wildman–Crippen MR) is 83.9 cm³/mol. The average molecular weight is 349 g/mol. The molecule has 3 rings (SSSR count). The molecule has 1 aliphatic heterocycles. The molecule has 1 amide bonds. The highest BCUT2D eigenvalue weighted by atomic mass is 32.2. The molecule has 9 heteroatoms. The van der Waals surface area contributed by atoms with Gasteiger partial charge < -0.3 is 16.2 Å². The van der Waals surface area contributed by atoms with E-state index in [4.69, 9.17) is 16.2 Å². The van der Waals surface area contributed by atoms with E-state index in [1.54, 1.807) is 0 Å². The first kappa shape index (κ1) is 15.9. The van der Waals surface area contributed by atoms with Crippen molar-refractivity contribution in [3.05, 3.63) is 53.3 Å². The Morgan fingerprint density at radius 1 is 1.12 bits per heavy atom. The van der Waals surface area contributed by atoms with Gasteiger partial charge >= 0.3 is 0 Å². The van der Waals surface area contributed by atoms with E-state index in [2.05, 4.69) is 4.99 Å². The number of nitrogens with zero attached hydrogens (tertiary/aromatic N) is 1. The summed E-state index contributed by atoms with van der Waals surface area (Å²) in [6.45, 7) is 0. The van der Waals surface area contributed by atoms with Crippen LogP contribution < -0.4 is 16.2 Å². The van der Waals surface area contributed by atoms with Crippen LogP contribution in [0, 0.1) is 5.82 Å². The van der Waals surface area contributed by atoms with E-state index in [-0.39, 0.29) is 27.5 Å². The second-order valence-corrected chi connectivity index (χ2v) is 7.07. The number of carbonyl (C=O) groups excluding carboxylic acids is 1. The molecular weight excluding hydrogens is 337 g/mol. The second-order valence-electron chi connectivity index (χ2n) is 5.12. The van der Waals surface area contributed by atoms with Crippen molar-refractivity contribution >= 4 is 21.7 Å². The SMILES string of the molecule is NC(N)=NC(=O)c1ccc2c(c1)S(=O)(=O)Cc1cc(F)ccc1O2. The topological polar surface area (TPSA) is 125 Å². The predicted octanol–water partition coefficient (Wildman–Crippen LogP) is 1.32. The third-order valence-corrected chi connectivity index (χ3v) is 5.02. The first-order valence-electron chi connectivity index (χ1n) is 6.73. The van der Waals surface area contributed by atoms with Gasteiger partial charge in [-0.15, -0.1) is 0 Å². The zero-order chi connectivity index (χ0) is 17.5. The van der Waals surface area contributed by atoms with E-state index < -0.39 is 33.3 Å². The van der Waals surface area contributed by atoms with Gasteiger partial charge in [-0.3, -0.25) is 4.79 Å². The van der Waals surface area contributed by atoms with Crippen LogP contribution in [0.1, 0.15) is 15.9 Å². The molecule has 2 aromatic rings. The summed E-state index contributed by atoms with van der Waals surface area (Å²) < 4.78 is 44.1. The number of guanidine groups is 1. The molecule has 0 spiro atoms. The molecule has 4 N–H and O–H groups in total. The van der Waals surface area contributed by atoms with Gasteiger partial charge in [0.15, 0.2) is 15.8 Å². The number of amides is 1. The minimum Gasteiger partial charge on any atom is -0.456 e. The van der Waals surface area contributed by atoms with Crippen LogP contribution in [0.15, 0.2) is 46.3 Å². The minimum absolute atomic E-state index is 0.00791. The molecule has 0 fully saturated rings. The Morgan fingerprint density at radius 2 is 1.83 bits per heavy atom. The first-order chi connectivity index (χ1) is 11.3. The zero-order valence-electron chi connectivity index (χ0n) is 12.2. The molecule has 0 unspecified atom stereocenters. The van der Waals surface area contributed by atoms with Gasteiger partial charge in [0.05, 0.1) is 5.75 Å². The van der Waals surface area contributed by atoms with Crippen LogP contribution in [-0.2, 0) is 15.6 Å². The van der Waals surface area contributed by atoms with Gasteiger partial charge in [-0.05, 0) is 36.4 Å². The quantitative estimate of drug-likeness (QED) is 0.591. The maximum absolute atomic E-state index is 13.4. The smallest absolute Gasteiger partial charge is 0.280 e. The summed E-state index contributed by atoms with van der Waals surface area (Å²) in [4.78, 5) is 15.1. The molecule has 1 heterocycles. The fourth-order valence-electron chi connectivity index (χ4n) is 2.31. The Balaban J connectivity index is 2.13. The summed E-state index contributed by atoms with van der Waals surface area (Å²) >= 11 is 0. The maximum atomic E-state index is 13.4. The van der Waals surface area contributed by atoms with E-state index in [1.165, 1.54) is 24.3 Å². The monoisotopic (exact) mass is 349 g/mol. The normalized spacial score (nSPS) is 14.5. The molecule has 7 nitrogen and oxygen atoms in total. The largest absolute Gasteiger partial charge is 0.456 e. The summed E-state index contributed by atoms with van der Waals surface area (Å²) in [5.74, 6) is -1.95. The Labute approximate surface area is 136 Å². The summed E-state index contributed by atoms with van der Waals surface area (Å²) in [5, 5.41) is 0. The van der Waals surface area contributed by atoms with Crippen molar-refractivity contribution in [1.82, 2.24) is 0 Å². The number of rotatable bonds is 1. The van der Waals surface area contributed by atoms with Crippen molar-refractivity contribution in [2.45, 2.75) is 10.6 Å². The van der Waals surface area contributed by atoms with Gasteiger partial charge in [0.1, 0.15) is 22.2 Å². The van der Waals surface area contributed by atoms with Gasteiger partial charge in [-0.1, -0.05) is 0 Å². The van der Waals surface area contributed by atoms with Crippen molar-refractivity contribution in [1.29, 1.82) is 0 Å². The van der Waals surface area contributed by atoms with Crippen molar-refractivity contribution in [3.63, 3.8) is 0 Å². The standard InChI is InChI=1S/C15H12FN3O4S/c16-10-2-4-11-9(5-10)7-24(21,22)13-6-8(1-3-12(13)23-11)14(20)19-15(17)18/h1-6H,7H2,(H4,17,18,19,20). The Morgan fingerprint density at radius 3 is 2.54 bits per heavy atom. The number of aliphatic imine (C=N–C) groups is 1. The van der Waals surface area contributed by atoms with E-state index in [9.17, 15) is 17.6 Å². The van der Waals surface area contributed by atoms with Crippen molar-refractivity contribution < 1.29 is 22.3 Å². The van der Waals surface area contributed by atoms with Gasteiger partial charge in [0, 0.05) is 11.1 Å². The van der Waals surface area contributed by atoms with Gasteiger partial charge in [-0.25, -0.2) is 12.8 Å². The van der Waals surface area contributed by atoms with Crippen molar-refractivity contribution in [2.75, 3.05) is 0 Å². The molecular formula is C15H12FN3O4S. The van der Waals surface area contributed by atoms with E-state index >= 15 is 0 Å². The molecule has 0 radical (unpaired) electrons. The van der Waals surface area contributed by atoms with Crippen LogP contribution in [0.4, 0.5) is 4.39 Å². The molecule has 0 atom stereocenters. The van der Waals surface area contributed by atoms with Crippen LogP contribution in [-0.4, -0.2) is 20.3 Å². The van der Waals surface area contributed by atoms with Crippen LogP contribution in [0.25, 0.3) is 0 Å². The third-order valence-electron chi connectivity index (χ3n) is 3.34. The molecule has 0 saturated carbocycles. The third kappa shape index (κ3) is 2.93. The number of benzene rings is 2. The molecule has 24 heavy (non-hydrogen) atoms. The minimum atomic E-state index is -3.85. The first-order valence-corrected chi connectivity index (χ1v) is 8.38. The summed E-state index contributed by atoms with van der Waals surface area (Å²) in [6.07, 6.45) is 0. The van der Waals surface area contributed by atoms with Crippen molar-refractivity contribution in [3.8, 4) is 11.5 Å². The number of halogens is 1. The van der Waals surface area contributed by atoms with Crippen LogP contribution in [0.3, 0.4) is 0 Å². The number of hydrogen-bond donors (Lipinski definition) is 2. The molecule has 0 aromatic heterocycles. The lowest BCUT2D eigenvalue weighted by Crippen LogP contribution is -2.24. The number of nitrogens with two attached hydrogens (primary N) is 2. The second kappa shape index (κ2) is 5.60. The summed E-state index contributed by atoms with van der Waals surface area (Å²) in [7, 11) is -3.85. The van der Waals surface area contributed by atoms with Gasteiger partial charge in [0.2, 0.25) is 0 Å². The van der Waals surface area contributed by atoms with Crippen LogP contribution in [0.5, 0.6) is 11.5 Å². The number of carbonyl (C=O) groups is 1. The highest BCUT2D eigenvalue weighted by Gasteiger charge is 2.28. The molecule has 1 aliphatic rings. The van der Waals surface area contributed by atoms with Crippen molar-refractivity contribution in [2.24, 2.45) is 16.5 Å². The molecule has 2 aromatic carbocycles. The summed E-state index contributed by atoms with van der Waals surface area (Å²) in [5.41, 5.74) is 10.5. The average Bonchev–Trinajstić information content (AvgIpc) is 2.59. The van der Waals surface area contributed by atoms with Crippen LogP contribution >= 0.6 is 0 Å². The fraction of sp³-hybridized carbons (Fsp3) is 0.0667. The molecule has 0 bridgehead atoms. The lowest BCUT2D eigenvalue weighted by molar-refractivity contribution is 0.100. The fourth-order valence-corrected chi connectivity index (χ4v) is 3.82. The lowest BCUT2D eigenvalue weighted by Gasteiger charge is -2.08. The number of ether oxygens (including phenoxy) is 1. The van der Waals surface area contributed by atoms with Crippen LogP contribution in [0.2, 0.25) is 0 Å². The number of fused-ring (bicyclic) bond motifs is 2. The highest BCUT2D eigenvalue weighted by molar-refractivity contribution is 7.90. The lowest BCUT2D eigenvalue weighted by atomic mass is 10.2. The summed E-state index contributed by atoms with van der Waals surface area (Å²) in [6, 6.07) is 7.45. The zero-order valence-corrected chi connectivity index (χ0v) is 13.0. The van der Waals surface area contributed by atoms with Gasteiger partial charge in [0.25, 0.3) is 5.91 Å². The number of sulfone groups is 1. The molecule has 0 aliphatic carbocycles. The molecule has 0 saturated heterocycles. The molecule has 124 valence electrons. The number of hydrogen-bond acceptors (Lipinski definition) is 4. The highest BCUT2D eigenvalue weighted by Crippen LogP contribution is 2.38. The maximum Gasteiger partial charge on any atom is 0.280 e. The Hall–Kier alpha value is -2.94. The van der Waals surface area contributed by atoms with E-state index in [0.717, 1.165) is 12.1 Å². The van der Waals surface area contributed by atoms with Gasteiger partial charge in [-0.2, -0.15) is 4.99 Å². The Bertz CT molecular complexity index is 982. The Kier molecular flexibility index (Phi) is 3.72. The van der Waals surface area contributed by atoms with E-state index in [0.29, 0.717) is 0 Å².